The van der Waals surface area contributed by atoms with Gasteiger partial charge in [0.25, 0.3) is 0 Å². The fourth-order valence-corrected chi connectivity index (χ4v) is 1.62. The number of hydrogen-bond acceptors (Lipinski definition) is 3. The Kier molecular flexibility index (Phi) is 3.61. The van der Waals surface area contributed by atoms with Crippen LogP contribution < -0.4 is 4.74 Å². The van der Waals surface area contributed by atoms with Crippen LogP contribution in [0.3, 0.4) is 0 Å². The lowest BCUT2D eigenvalue weighted by molar-refractivity contribution is -0.0684. The van der Waals surface area contributed by atoms with Gasteiger partial charge >= 0.3 is 0 Å². The molecule has 0 saturated carbocycles. The molecule has 0 radical (unpaired) electrons. The van der Waals surface area contributed by atoms with E-state index in [2.05, 4.69) is 15.9 Å². The summed E-state index contributed by atoms with van der Waals surface area (Å²) in [5, 5.41) is 0. The van der Waals surface area contributed by atoms with Gasteiger partial charge in [0.1, 0.15) is 12.4 Å². The van der Waals surface area contributed by atoms with Crippen LogP contribution in [-0.4, -0.2) is 26.1 Å². The number of aryl methyl sites for hydroxylation is 1. The van der Waals surface area contributed by atoms with Gasteiger partial charge in [0.15, 0.2) is 6.29 Å². The largest absolute Gasteiger partial charge is 0.488 e. The van der Waals surface area contributed by atoms with E-state index >= 15 is 0 Å². The van der Waals surface area contributed by atoms with Gasteiger partial charge < -0.3 is 14.2 Å². The highest BCUT2D eigenvalue weighted by molar-refractivity contribution is 9.10. The minimum Gasteiger partial charge on any atom is -0.488 e. The van der Waals surface area contributed by atoms with E-state index in [1.54, 1.807) is 0 Å². The third kappa shape index (κ3) is 2.93. The number of benzene rings is 1. The Labute approximate surface area is 97.5 Å². The van der Waals surface area contributed by atoms with Crippen LogP contribution in [0, 0.1) is 6.92 Å². The molecule has 0 N–H and O–H groups in total. The Bertz CT molecular complexity index is 335. The summed E-state index contributed by atoms with van der Waals surface area (Å²) in [6.07, 6.45) is -0.214. The van der Waals surface area contributed by atoms with Crippen molar-refractivity contribution < 1.29 is 14.2 Å². The van der Waals surface area contributed by atoms with E-state index in [9.17, 15) is 0 Å². The first kappa shape index (κ1) is 10.9. The molecule has 1 aromatic carbocycles. The fraction of sp³-hybridized carbons (Fsp3) is 0.455. The summed E-state index contributed by atoms with van der Waals surface area (Å²) in [5.74, 6) is 0.842. The smallest absolute Gasteiger partial charge is 0.191 e. The number of halogens is 1. The molecule has 3 nitrogen and oxygen atoms in total. The summed E-state index contributed by atoms with van der Waals surface area (Å²) in [6, 6.07) is 5.88. The third-order valence-corrected chi connectivity index (χ3v) is 3.10. The van der Waals surface area contributed by atoms with Crippen LogP contribution in [0.4, 0.5) is 0 Å². The van der Waals surface area contributed by atoms with Gasteiger partial charge in [-0.05, 0) is 30.7 Å². The average molecular weight is 273 g/mol. The molecule has 1 aliphatic heterocycles. The van der Waals surface area contributed by atoms with Gasteiger partial charge in [-0.1, -0.05) is 15.9 Å². The molecule has 0 atom stereocenters. The Balaban J connectivity index is 1.90. The first-order chi connectivity index (χ1) is 7.25. The van der Waals surface area contributed by atoms with E-state index in [4.69, 9.17) is 14.2 Å². The van der Waals surface area contributed by atoms with Crippen molar-refractivity contribution in [2.45, 2.75) is 13.2 Å². The van der Waals surface area contributed by atoms with Crippen LogP contribution in [0.1, 0.15) is 5.56 Å². The highest BCUT2D eigenvalue weighted by Gasteiger charge is 2.16. The monoisotopic (exact) mass is 272 g/mol. The lowest BCUT2D eigenvalue weighted by Crippen LogP contribution is -2.18. The van der Waals surface area contributed by atoms with Gasteiger partial charge in [0.05, 0.1) is 13.2 Å². The second-order valence-corrected chi connectivity index (χ2v) is 4.25. The molecule has 2 rings (SSSR count). The molecule has 0 aromatic heterocycles. The van der Waals surface area contributed by atoms with Crippen LogP contribution >= 0.6 is 15.9 Å². The quantitative estimate of drug-likeness (QED) is 0.847. The van der Waals surface area contributed by atoms with Crippen molar-refractivity contribution in [3.05, 3.63) is 28.2 Å². The first-order valence-electron chi connectivity index (χ1n) is 4.88. The van der Waals surface area contributed by atoms with Crippen molar-refractivity contribution in [3.63, 3.8) is 0 Å². The third-order valence-electron chi connectivity index (χ3n) is 2.21. The summed E-state index contributed by atoms with van der Waals surface area (Å²) in [6.45, 7) is 3.79. The van der Waals surface area contributed by atoms with E-state index in [1.165, 1.54) is 0 Å². The molecule has 0 bridgehead atoms. The lowest BCUT2D eigenvalue weighted by atomic mass is 10.2. The number of rotatable bonds is 3. The van der Waals surface area contributed by atoms with E-state index in [0.717, 1.165) is 15.8 Å². The van der Waals surface area contributed by atoms with Gasteiger partial charge in [-0.3, -0.25) is 0 Å². The Morgan fingerprint density at radius 2 is 2.13 bits per heavy atom. The molecule has 1 aromatic rings. The van der Waals surface area contributed by atoms with Crippen molar-refractivity contribution in [1.29, 1.82) is 0 Å². The Morgan fingerprint density at radius 1 is 1.40 bits per heavy atom. The Morgan fingerprint density at radius 3 is 2.80 bits per heavy atom. The maximum Gasteiger partial charge on any atom is 0.191 e. The van der Waals surface area contributed by atoms with Crippen LogP contribution in [0.2, 0.25) is 0 Å². The zero-order chi connectivity index (χ0) is 10.7. The molecule has 0 amide bonds. The molecule has 1 heterocycles. The SMILES string of the molecule is Cc1cc(OCC2OCCO2)ccc1Br. The Hall–Kier alpha value is -0.580. The molecular weight excluding hydrogens is 260 g/mol. The van der Waals surface area contributed by atoms with Crippen molar-refractivity contribution in [1.82, 2.24) is 0 Å². The number of hydrogen-bond donors (Lipinski definition) is 0. The average Bonchev–Trinajstić information content (AvgIpc) is 2.73. The summed E-state index contributed by atoms with van der Waals surface area (Å²) >= 11 is 3.44. The molecule has 1 saturated heterocycles. The van der Waals surface area contributed by atoms with Crippen LogP contribution in [0.15, 0.2) is 22.7 Å². The summed E-state index contributed by atoms with van der Waals surface area (Å²) in [7, 11) is 0. The van der Waals surface area contributed by atoms with Crippen molar-refractivity contribution in [2.75, 3.05) is 19.8 Å². The van der Waals surface area contributed by atoms with Crippen molar-refractivity contribution in [3.8, 4) is 5.75 Å². The minimum absolute atomic E-state index is 0.214. The fourth-order valence-electron chi connectivity index (χ4n) is 1.37. The normalized spacial score (nSPS) is 16.9. The van der Waals surface area contributed by atoms with E-state index < -0.39 is 0 Å². The predicted molar refractivity (Wildman–Crippen MR) is 60.1 cm³/mol. The predicted octanol–water partition coefficient (Wildman–Crippen LogP) is 2.51. The van der Waals surface area contributed by atoms with E-state index in [0.29, 0.717) is 19.8 Å². The highest BCUT2D eigenvalue weighted by Crippen LogP contribution is 2.22. The van der Waals surface area contributed by atoms with Crippen LogP contribution in [-0.2, 0) is 9.47 Å². The topological polar surface area (TPSA) is 27.7 Å². The maximum atomic E-state index is 5.55. The molecule has 0 unspecified atom stereocenters. The van der Waals surface area contributed by atoms with Crippen LogP contribution in [0.25, 0.3) is 0 Å². The van der Waals surface area contributed by atoms with Crippen molar-refractivity contribution >= 4 is 15.9 Å². The summed E-state index contributed by atoms with van der Waals surface area (Å²) < 4.78 is 17.2. The van der Waals surface area contributed by atoms with E-state index in [-0.39, 0.29) is 6.29 Å². The molecule has 15 heavy (non-hydrogen) atoms. The molecular formula is C11H13BrO3. The van der Waals surface area contributed by atoms with Gasteiger partial charge in [0.2, 0.25) is 0 Å². The zero-order valence-electron chi connectivity index (χ0n) is 8.53. The summed E-state index contributed by atoms with van der Waals surface area (Å²) in [4.78, 5) is 0. The molecule has 0 aliphatic carbocycles. The van der Waals surface area contributed by atoms with Gasteiger partial charge in [0, 0.05) is 4.47 Å². The second kappa shape index (κ2) is 4.96. The summed E-state index contributed by atoms with van der Waals surface area (Å²) in [5.41, 5.74) is 1.15. The van der Waals surface area contributed by atoms with Crippen molar-refractivity contribution in [2.24, 2.45) is 0 Å². The molecule has 0 spiro atoms. The van der Waals surface area contributed by atoms with Crippen LogP contribution in [0.5, 0.6) is 5.75 Å². The molecule has 1 aliphatic rings. The second-order valence-electron chi connectivity index (χ2n) is 3.39. The molecule has 82 valence electrons. The van der Waals surface area contributed by atoms with Gasteiger partial charge in [-0.25, -0.2) is 0 Å². The maximum absolute atomic E-state index is 5.55. The molecule has 1 fully saturated rings. The van der Waals surface area contributed by atoms with E-state index in [1.807, 2.05) is 25.1 Å². The molecule has 4 heteroatoms. The van der Waals surface area contributed by atoms with Gasteiger partial charge in [-0.2, -0.15) is 0 Å². The lowest BCUT2D eigenvalue weighted by Gasteiger charge is -2.11. The highest BCUT2D eigenvalue weighted by atomic mass is 79.9. The standard InChI is InChI=1S/C11H13BrO3/c1-8-6-9(2-3-10(8)12)15-7-11-13-4-5-14-11/h2-3,6,11H,4-5,7H2,1H3. The zero-order valence-corrected chi connectivity index (χ0v) is 10.1. The van der Waals surface area contributed by atoms with Gasteiger partial charge in [-0.15, -0.1) is 0 Å². The minimum atomic E-state index is -0.214. The number of ether oxygens (including phenoxy) is 3. The first-order valence-corrected chi connectivity index (χ1v) is 5.67.